The molecular weight excluding hydrogens is 228 g/mol. The molecule has 1 aromatic rings. The maximum absolute atomic E-state index is 11.6. The lowest BCUT2D eigenvalue weighted by Crippen LogP contribution is -2.70. The third kappa shape index (κ3) is 4.28. The van der Waals surface area contributed by atoms with Gasteiger partial charge in [0.05, 0.1) is 5.75 Å². The first-order valence-electron chi connectivity index (χ1n) is 4.97. The largest absolute Gasteiger partial charge is 0.630 e. The van der Waals surface area contributed by atoms with Gasteiger partial charge in [0.1, 0.15) is 5.69 Å². The maximum atomic E-state index is 11.6. The third-order valence-corrected chi connectivity index (χ3v) is 3.40. The summed E-state index contributed by atoms with van der Waals surface area (Å²) in [6.07, 6.45) is 0. The molecule has 90 valence electrons. The van der Waals surface area contributed by atoms with Gasteiger partial charge < -0.3 is 10.7 Å². The van der Waals surface area contributed by atoms with Crippen LogP contribution in [0.15, 0.2) is 24.3 Å². The molecule has 0 amide bonds. The Morgan fingerprint density at radius 1 is 1.44 bits per heavy atom. The van der Waals surface area contributed by atoms with E-state index in [1.54, 1.807) is 38.1 Å². The van der Waals surface area contributed by atoms with Crippen LogP contribution in [-0.2, 0) is 15.8 Å². The molecule has 6 heteroatoms. The molecule has 0 aliphatic carbocycles. The Labute approximate surface area is 95.5 Å². The van der Waals surface area contributed by atoms with Gasteiger partial charge in [0, 0.05) is 12.1 Å². The number of nitrogens with one attached hydrogen (secondary N) is 1. The molecular formula is C10H16N2O3S. The van der Waals surface area contributed by atoms with Crippen LogP contribution in [0, 0.1) is 5.21 Å². The SMILES string of the molecule is CC(C)NS(=O)(=O)Cc1cccc([NH2+][O-])c1. The summed E-state index contributed by atoms with van der Waals surface area (Å²) in [6, 6.07) is 6.45. The van der Waals surface area contributed by atoms with Crippen molar-refractivity contribution in [1.29, 1.82) is 0 Å². The summed E-state index contributed by atoms with van der Waals surface area (Å²) in [5.74, 6) is -0.104. The van der Waals surface area contributed by atoms with Crippen LogP contribution < -0.4 is 10.2 Å². The van der Waals surface area contributed by atoms with E-state index >= 15 is 0 Å². The number of benzene rings is 1. The van der Waals surface area contributed by atoms with Gasteiger partial charge in [-0.3, -0.25) is 0 Å². The molecule has 0 aliphatic rings. The zero-order chi connectivity index (χ0) is 12.2. The monoisotopic (exact) mass is 244 g/mol. The summed E-state index contributed by atoms with van der Waals surface area (Å²) < 4.78 is 25.7. The van der Waals surface area contributed by atoms with E-state index in [2.05, 4.69) is 4.72 Å². The highest BCUT2D eigenvalue weighted by Gasteiger charge is 2.13. The smallest absolute Gasteiger partial charge is 0.216 e. The zero-order valence-corrected chi connectivity index (χ0v) is 10.1. The number of hydrogen-bond acceptors (Lipinski definition) is 3. The third-order valence-electron chi connectivity index (χ3n) is 1.86. The van der Waals surface area contributed by atoms with Crippen LogP contribution in [0.3, 0.4) is 0 Å². The molecule has 0 spiro atoms. The van der Waals surface area contributed by atoms with Crippen molar-refractivity contribution in [3.05, 3.63) is 35.0 Å². The topological polar surface area (TPSA) is 85.8 Å². The fraction of sp³-hybridized carbons (Fsp3) is 0.400. The fourth-order valence-corrected chi connectivity index (χ4v) is 2.80. The average molecular weight is 244 g/mol. The Kier molecular flexibility index (Phi) is 4.43. The Balaban J connectivity index is 2.80. The van der Waals surface area contributed by atoms with Crippen molar-refractivity contribution in [2.75, 3.05) is 0 Å². The highest BCUT2D eigenvalue weighted by Crippen LogP contribution is 2.09. The van der Waals surface area contributed by atoms with E-state index in [1.165, 1.54) is 0 Å². The van der Waals surface area contributed by atoms with Crippen LogP contribution in [-0.4, -0.2) is 14.5 Å². The van der Waals surface area contributed by atoms with Gasteiger partial charge in [-0.2, -0.15) is 0 Å². The van der Waals surface area contributed by atoms with Crippen molar-refractivity contribution in [2.45, 2.75) is 25.6 Å². The second-order valence-corrected chi connectivity index (χ2v) is 5.65. The highest BCUT2D eigenvalue weighted by atomic mass is 32.2. The number of nitrogens with two attached hydrogens (primary N) is 1. The molecule has 16 heavy (non-hydrogen) atoms. The first kappa shape index (κ1) is 13.1. The van der Waals surface area contributed by atoms with Crippen LogP contribution >= 0.6 is 0 Å². The molecule has 0 bridgehead atoms. The van der Waals surface area contributed by atoms with Gasteiger partial charge in [0.25, 0.3) is 0 Å². The number of rotatable bonds is 5. The normalized spacial score (nSPS) is 12.0. The number of sulfonamides is 1. The molecule has 0 aliphatic heterocycles. The molecule has 0 atom stereocenters. The zero-order valence-electron chi connectivity index (χ0n) is 9.30. The molecule has 5 nitrogen and oxygen atoms in total. The van der Waals surface area contributed by atoms with Crippen molar-refractivity contribution in [3.8, 4) is 0 Å². The van der Waals surface area contributed by atoms with E-state index < -0.39 is 10.0 Å². The van der Waals surface area contributed by atoms with E-state index in [0.29, 0.717) is 16.7 Å². The van der Waals surface area contributed by atoms with Crippen LogP contribution in [0.5, 0.6) is 0 Å². The minimum absolute atomic E-state index is 0.104. The molecule has 0 saturated heterocycles. The lowest BCUT2D eigenvalue weighted by molar-refractivity contribution is -0.497. The van der Waals surface area contributed by atoms with Crippen LogP contribution in [0.1, 0.15) is 19.4 Å². The van der Waals surface area contributed by atoms with Crippen molar-refractivity contribution >= 4 is 15.7 Å². The Morgan fingerprint density at radius 2 is 2.12 bits per heavy atom. The Hall–Kier alpha value is -0.950. The molecule has 3 N–H and O–H groups in total. The molecule has 1 aromatic carbocycles. The standard InChI is InChI=1S/C10H16N2O3S/c1-8(2)12-16(14,15)7-9-4-3-5-10(6-9)11-13/h3-6,8,12H,7,11H2,1-2H3. The predicted octanol–water partition coefficient (Wildman–Crippen LogP) is 0.207. The summed E-state index contributed by atoms with van der Waals surface area (Å²) in [5, 5.41) is 10.5. The van der Waals surface area contributed by atoms with Crippen molar-refractivity contribution < 1.29 is 13.9 Å². The van der Waals surface area contributed by atoms with E-state index in [9.17, 15) is 13.6 Å². The minimum Gasteiger partial charge on any atom is -0.630 e. The molecule has 0 fully saturated rings. The van der Waals surface area contributed by atoms with E-state index in [-0.39, 0.29) is 11.8 Å². The summed E-state index contributed by atoms with van der Waals surface area (Å²) in [4.78, 5) is 0. The van der Waals surface area contributed by atoms with Gasteiger partial charge >= 0.3 is 0 Å². The van der Waals surface area contributed by atoms with E-state index in [0.717, 1.165) is 0 Å². The van der Waals surface area contributed by atoms with Gasteiger partial charge in [0.15, 0.2) is 0 Å². The highest BCUT2D eigenvalue weighted by molar-refractivity contribution is 7.88. The molecule has 0 radical (unpaired) electrons. The first-order valence-corrected chi connectivity index (χ1v) is 6.62. The molecule has 0 heterocycles. The van der Waals surface area contributed by atoms with Crippen molar-refractivity contribution in [3.63, 3.8) is 0 Å². The lowest BCUT2D eigenvalue weighted by atomic mass is 10.2. The van der Waals surface area contributed by atoms with Crippen molar-refractivity contribution in [1.82, 2.24) is 4.72 Å². The van der Waals surface area contributed by atoms with Crippen molar-refractivity contribution in [2.24, 2.45) is 0 Å². The molecule has 0 saturated carbocycles. The summed E-state index contributed by atoms with van der Waals surface area (Å²) in [7, 11) is -3.32. The minimum atomic E-state index is -3.32. The molecule has 1 rings (SSSR count). The van der Waals surface area contributed by atoms with Gasteiger partial charge in [-0.1, -0.05) is 12.1 Å². The Morgan fingerprint density at radius 3 is 2.69 bits per heavy atom. The summed E-state index contributed by atoms with van der Waals surface area (Å²) in [6.45, 7) is 3.53. The second kappa shape index (κ2) is 5.40. The van der Waals surface area contributed by atoms with Crippen LogP contribution in [0.4, 0.5) is 5.69 Å². The number of hydrogen-bond donors (Lipinski definition) is 2. The molecule has 0 unspecified atom stereocenters. The van der Waals surface area contributed by atoms with Crippen LogP contribution in [0.2, 0.25) is 0 Å². The van der Waals surface area contributed by atoms with E-state index in [1.807, 2.05) is 0 Å². The summed E-state index contributed by atoms with van der Waals surface area (Å²) >= 11 is 0. The Bertz CT molecular complexity index is 443. The van der Waals surface area contributed by atoms with Gasteiger partial charge in [-0.05, 0) is 25.5 Å². The first-order chi connectivity index (χ1) is 7.43. The van der Waals surface area contributed by atoms with Crippen LogP contribution in [0.25, 0.3) is 0 Å². The van der Waals surface area contributed by atoms with Gasteiger partial charge in [0.2, 0.25) is 10.0 Å². The predicted molar refractivity (Wildman–Crippen MR) is 62.3 cm³/mol. The number of quaternary nitrogens is 1. The second-order valence-electron chi connectivity index (χ2n) is 3.89. The molecule has 0 aromatic heterocycles. The average Bonchev–Trinajstić information content (AvgIpc) is 2.15. The summed E-state index contributed by atoms with van der Waals surface area (Å²) in [5.41, 5.74) is 1.79. The van der Waals surface area contributed by atoms with E-state index in [4.69, 9.17) is 0 Å². The lowest BCUT2D eigenvalue weighted by Gasteiger charge is -2.10. The van der Waals surface area contributed by atoms with Gasteiger partial charge in [-0.25, -0.2) is 13.1 Å². The fourth-order valence-electron chi connectivity index (χ4n) is 1.38. The van der Waals surface area contributed by atoms with Gasteiger partial charge in [-0.15, -0.1) is 0 Å². The maximum Gasteiger partial charge on any atom is 0.216 e. The quantitative estimate of drug-likeness (QED) is 0.573.